The normalized spacial score (nSPS) is 12.1. The van der Waals surface area contributed by atoms with Gasteiger partial charge in [0.25, 0.3) is 10.1 Å². The number of hydrogen-bond acceptors (Lipinski definition) is 7. The van der Waals surface area contributed by atoms with Crippen molar-refractivity contribution in [2.45, 2.75) is 38.9 Å². The fraction of sp³-hybridized carbons (Fsp3) is 0.588. The molecule has 0 bridgehead atoms. The van der Waals surface area contributed by atoms with E-state index in [1.807, 2.05) is 0 Å². The van der Waals surface area contributed by atoms with E-state index >= 15 is 0 Å². The highest BCUT2D eigenvalue weighted by atomic mass is 32.2. The van der Waals surface area contributed by atoms with Crippen molar-refractivity contribution in [1.82, 2.24) is 0 Å². The second-order valence-corrected chi connectivity index (χ2v) is 7.49. The van der Waals surface area contributed by atoms with E-state index in [4.69, 9.17) is 19.2 Å². The van der Waals surface area contributed by atoms with E-state index in [-0.39, 0.29) is 0 Å². The molecule has 0 aliphatic heterocycles. The number of anilines is 1. The summed E-state index contributed by atoms with van der Waals surface area (Å²) in [5.41, 5.74) is 9.85. The van der Waals surface area contributed by atoms with Gasteiger partial charge in [0.15, 0.2) is 6.29 Å². The first-order valence-electron chi connectivity index (χ1n) is 8.81. The van der Waals surface area contributed by atoms with Crippen molar-refractivity contribution < 1.29 is 26.9 Å². The van der Waals surface area contributed by atoms with Crippen LogP contribution < -0.4 is 5.01 Å². The Labute approximate surface area is 165 Å². The van der Waals surface area contributed by atoms with Gasteiger partial charge in [0, 0.05) is 7.11 Å². The van der Waals surface area contributed by atoms with Crippen molar-refractivity contribution in [3.8, 4) is 0 Å². The molecule has 1 aromatic carbocycles. The lowest BCUT2D eigenvalue weighted by Gasteiger charge is -2.15. The number of nitrogens with zero attached hydrogens (tertiary/aromatic N) is 4. The molecule has 156 valence electrons. The fourth-order valence-electron chi connectivity index (χ4n) is 2.41. The maximum Gasteiger partial charge on any atom is 0.338 e. The van der Waals surface area contributed by atoms with Crippen molar-refractivity contribution in [3.05, 3.63) is 40.3 Å². The fourth-order valence-corrected chi connectivity index (χ4v) is 2.97. The van der Waals surface area contributed by atoms with Crippen LogP contribution in [0.15, 0.2) is 29.5 Å². The number of methoxy groups -OCH3 is 1. The van der Waals surface area contributed by atoms with Crippen molar-refractivity contribution >= 4 is 21.8 Å². The maximum atomic E-state index is 11.7. The Morgan fingerprint density at radius 2 is 1.93 bits per heavy atom. The molecule has 1 unspecified atom stereocenters. The zero-order chi connectivity index (χ0) is 21.0. The van der Waals surface area contributed by atoms with Gasteiger partial charge in [-0.3, -0.25) is 0 Å². The quantitative estimate of drug-likeness (QED) is 0.0706. The van der Waals surface area contributed by atoms with Gasteiger partial charge in [0.1, 0.15) is 5.69 Å². The summed E-state index contributed by atoms with van der Waals surface area (Å²) in [6.45, 7) is 2.50. The Balaban J connectivity index is 2.53. The third-order valence-electron chi connectivity index (χ3n) is 3.68. The molecule has 0 aromatic heterocycles. The van der Waals surface area contributed by atoms with Crippen LogP contribution >= 0.6 is 0 Å². The lowest BCUT2D eigenvalue weighted by Crippen LogP contribution is -2.20. The van der Waals surface area contributed by atoms with E-state index in [9.17, 15) is 13.2 Å². The van der Waals surface area contributed by atoms with Gasteiger partial charge in [0.2, 0.25) is 0 Å². The summed E-state index contributed by atoms with van der Waals surface area (Å²) in [6.07, 6.45) is 2.74. The smallest absolute Gasteiger partial charge is 0.338 e. The minimum Gasteiger partial charge on any atom is -0.462 e. The second kappa shape index (κ2) is 12.2. The highest BCUT2D eigenvalue weighted by Crippen LogP contribution is 2.18. The number of benzene rings is 1. The van der Waals surface area contributed by atoms with Crippen LogP contribution in [0.5, 0.6) is 0 Å². The van der Waals surface area contributed by atoms with Crippen molar-refractivity contribution in [3.63, 3.8) is 0 Å². The zero-order valence-corrected chi connectivity index (χ0v) is 17.1. The highest BCUT2D eigenvalue weighted by molar-refractivity contribution is 7.86. The van der Waals surface area contributed by atoms with Gasteiger partial charge < -0.3 is 9.47 Å². The third-order valence-corrected chi connectivity index (χ3v) is 4.24. The second-order valence-electron chi connectivity index (χ2n) is 5.88. The molecule has 1 rings (SSSR count). The van der Waals surface area contributed by atoms with E-state index in [1.165, 1.54) is 12.1 Å². The number of esters is 1. The number of hydrogen-bond donors (Lipinski definition) is 0. The molecule has 1 aromatic rings. The van der Waals surface area contributed by atoms with Crippen LogP contribution in [0.1, 0.15) is 43.0 Å². The summed E-state index contributed by atoms with van der Waals surface area (Å²) in [5.74, 6) is -0.409. The number of ether oxygens (including phenoxy) is 2. The van der Waals surface area contributed by atoms with E-state index in [1.54, 1.807) is 31.2 Å². The first-order valence-corrected chi connectivity index (χ1v) is 10.6. The van der Waals surface area contributed by atoms with Gasteiger partial charge in [-0.25, -0.2) is 14.0 Å². The molecule has 0 aliphatic carbocycles. The van der Waals surface area contributed by atoms with Crippen molar-refractivity contribution in [1.29, 1.82) is 0 Å². The van der Waals surface area contributed by atoms with E-state index in [2.05, 4.69) is 10.1 Å². The Kier molecular flexibility index (Phi) is 10.3. The lowest BCUT2D eigenvalue weighted by atomic mass is 10.1. The van der Waals surface area contributed by atoms with Crippen LogP contribution in [-0.2, 0) is 23.8 Å². The molecule has 11 heteroatoms. The Morgan fingerprint density at radius 3 is 2.46 bits per heavy atom. The average Bonchev–Trinajstić information content (AvgIpc) is 2.65. The molecule has 0 spiro atoms. The summed E-state index contributed by atoms with van der Waals surface area (Å²) in [4.78, 5) is 14.5. The molecule has 0 radical (unpaired) electrons. The molecular formula is C17H26N4O6S. The van der Waals surface area contributed by atoms with Crippen LogP contribution in [0, 0.1) is 0 Å². The minimum absolute atomic E-state index is 0.296. The largest absolute Gasteiger partial charge is 0.462 e. The van der Waals surface area contributed by atoms with E-state index in [0.29, 0.717) is 43.7 Å². The van der Waals surface area contributed by atoms with Gasteiger partial charge >= 0.3 is 5.97 Å². The third kappa shape index (κ3) is 9.05. The zero-order valence-electron chi connectivity index (χ0n) is 16.3. The first kappa shape index (κ1) is 23.7. The molecule has 0 saturated carbocycles. The van der Waals surface area contributed by atoms with Crippen LogP contribution in [-0.4, -0.2) is 47.2 Å². The summed E-state index contributed by atoms with van der Waals surface area (Å²) in [7, 11) is -2.18. The highest BCUT2D eigenvalue weighted by Gasteiger charge is 2.15. The van der Waals surface area contributed by atoms with Crippen LogP contribution in [0.4, 0.5) is 5.69 Å². The molecular weight excluding hydrogens is 388 g/mol. The van der Waals surface area contributed by atoms with Crippen LogP contribution in [0.25, 0.3) is 10.4 Å². The van der Waals surface area contributed by atoms with Gasteiger partial charge in [0.05, 0.1) is 25.0 Å². The predicted octanol–water partition coefficient (Wildman–Crippen LogP) is 3.40. The van der Waals surface area contributed by atoms with Gasteiger partial charge in [-0.2, -0.15) is 13.3 Å². The number of rotatable bonds is 13. The molecule has 0 saturated heterocycles. The standard InChI is InChI=1S/C17H26N4O6S/c1-4-26-17(22)14-9-11-15(12-10-14)21(20-19-18)13-7-5-6-8-16(25-2)27-28(3,23)24/h9-12,16H,4-8,13H2,1-3H3. The summed E-state index contributed by atoms with van der Waals surface area (Å²) >= 11 is 0. The number of unbranched alkanes of at least 4 members (excludes halogenated alkanes) is 2. The van der Waals surface area contributed by atoms with Gasteiger partial charge in [-0.1, -0.05) is 0 Å². The topological polar surface area (TPSA) is 131 Å². The maximum absolute atomic E-state index is 11.7. The van der Waals surface area contributed by atoms with Crippen molar-refractivity contribution in [2.75, 3.05) is 31.5 Å². The van der Waals surface area contributed by atoms with Crippen LogP contribution in [0.2, 0.25) is 0 Å². The molecule has 0 fully saturated rings. The molecule has 0 amide bonds. The molecule has 0 heterocycles. The van der Waals surface area contributed by atoms with Crippen molar-refractivity contribution in [2.24, 2.45) is 5.22 Å². The van der Waals surface area contributed by atoms with E-state index < -0.39 is 22.4 Å². The summed E-state index contributed by atoms with van der Waals surface area (Å²) < 4.78 is 37.0. The Bertz CT molecular complexity index is 762. The molecule has 0 N–H and O–H groups in total. The summed E-state index contributed by atoms with van der Waals surface area (Å²) in [6, 6.07) is 6.58. The average molecular weight is 414 g/mol. The number of azide groups is 1. The van der Waals surface area contributed by atoms with Crippen LogP contribution in [0.3, 0.4) is 0 Å². The monoisotopic (exact) mass is 414 g/mol. The minimum atomic E-state index is -3.57. The predicted molar refractivity (Wildman–Crippen MR) is 104 cm³/mol. The van der Waals surface area contributed by atoms with Gasteiger partial charge in [-0.15, -0.1) is 5.53 Å². The lowest BCUT2D eigenvalue weighted by molar-refractivity contribution is -0.0544. The first-order chi connectivity index (χ1) is 13.3. The molecule has 1 atom stereocenters. The Morgan fingerprint density at radius 1 is 1.25 bits per heavy atom. The van der Waals surface area contributed by atoms with Gasteiger partial charge in [-0.05, 0) is 62.1 Å². The molecule has 0 aliphatic rings. The van der Waals surface area contributed by atoms with E-state index in [0.717, 1.165) is 12.7 Å². The molecule has 10 nitrogen and oxygen atoms in total. The Hall–Kier alpha value is -2.33. The SMILES string of the molecule is CCOC(=O)c1ccc(N(CCCCCC(OC)OS(C)(=O)=O)N=[N+]=[N-])cc1. The number of carbonyl (C=O) groups excluding carboxylic acids is 1. The number of carbonyl (C=O) groups is 1. The summed E-state index contributed by atoms with van der Waals surface area (Å²) in [5, 5.41) is 5.17. The molecule has 28 heavy (non-hydrogen) atoms.